The van der Waals surface area contributed by atoms with Crippen LogP contribution < -0.4 is 4.74 Å². The van der Waals surface area contributed by atoms with Crippen molar-refractivity contribution in [2.45, 2.75) is 52.4 Å². The van der Waals surface area contributed by atoms with Gasteiger partial charge in [-0.1, -0.05) is 45.6 Å². The van der Waals surface area contributed by atoms with E-state index in [2.05, 4.69) is 18.8 Å². The van der Waals surface area contributed by atoms with Crippen molar-refractivity contribution in [2.75, 3.05) is 7.11 Å². The molecule has 3 heteroatoms. The van der Waals surface area contributed by atoms with Crippen LogP contribution in [0.2, 0.25) is 0 Å². The monoisotopic (exact) mass is 263 g/mol. The van der Waals surface area contributed by atoms with Gasteiger partial charge in [-0.3, -0.25) is 4.79 Å². The number of methoxy groups -OCH3 is 1. The molecular formula is C16H25NO2. The molecular weight excluding hydrogens is 238 g/mol. The van der Waals surface area contributed by atoms with Gasteiger partial charge in [-0.2, -0.15) is 0 Å². The second kappa shape index (κ2) is 8.68. The molecule has 0 spiro atoms. The predicted molar refractivity (Wildman–Crippen MR) is 77.4 cm³/mol. The van der Waals surface area contributed by atoms with E-state index < -0.39 is 0 Å². The fraction of sp³-hybridized carbons (Fsp3) is 0.625. The lowest BCUT2D eigenvalue weighted by molar-refractivity contribution is -0.119. The number of rotatable bonds is 9. The summed E-state index contributed by atoms with van der Waals surface area (Å²) in [6.07, 6.45) is 7.58. The number of ether oxygens (including phenoxy) is 1. The van der Waals surface area contributed by atoms with Gasteiger partial charge < -0.3 is 4.74 Å². The maximum atomic E-state index is 12.0. The molecule has 0 saturated carbocycles. The molecule has 0 saturated heterocycles. The average Bonchev–Trinajstić information content (AvgIpc) is 2.44. The van der Waals surface area contributed by atoms with Gasteiger partial charge in [0.25, 0.3) is 0 Å². The molecule has 19 heavy (non-hydrogen) atoms. The number of pyridine rings is 1. The normalized spacial score (nSPS) is 12.2. The zero-order valence-corrected chi connectivity index (χ0v) is 12.3. The molecule has 1 atom stereocenters. The summed E-state index contributed by atoms with van der Waals surface area (Å²) in [6.45, 7) is 4.36. The Kier molecular flexibility index (Phi) is 7.16. The molecule has 3 nitrogen and oxygen atoms in total. The van der Waals surface area contributed by atoms with Crippen LogP contribution in [0.4, 0.5) is 0 Å². The summed E-state index contributed by atoms with van der Waals surface area (Å²) in [5.74, 6) is 1.44. The van der Waals surface area contributed by atoms with E-state index in [1.807, 2.05) is 6.07 Å². The number of hydrogen-bond donors (Lipinski definition) is 0. The first-order valence-corrected chi connectivity index (χ1v) is 7.20. The van der Waals surface area contributed by atoms with Crippen LogP contribution in [0.25, 0.3) is 0 Å². The topological polar surface area (TPSA) is 39.2 Å². The molecule has 0 aliphatic rings. The third kappa shape index (κ3) is 5.86. The van der Waals surface area contributed by atoms with Crippen LogP contribution in [0.15, 0.2) is 18.3 Å². The highest BCUT2D eigenvalue weighted by atomic mass is 16.5. The maximum Gasteiger partial charge on any atom is 0.212 e. The Morgan fingerprint density at radius 3 is 2.68 bits per heavy atom. The minimum atomic E-state index is 0.315. The molecule has 1 unspecified atom stereocenters. The fourth-order valence-electron chi connectivity index (χ4n) is 2.20. The van der Waals surface area contributed by atoms with Gasteiger partial charge in [0.2, 0.25) is 5.88 Å². The van der Waals surface area contributed by atoms with E-state index in [0.717, 1.165) is 12.0 Å². The van der Waals surface area contributed by atoms with Crippen LogP contribution in [0.3, 0.4) is 0 Å². The standard InChI is InChI=1S/C16H25NO2/c1-4-6-7-13(5-2)10-15(18)11-14-8-9-16(19-3)17-12-14/h8-9,12-13H,4-7,10-11H2,1-3H3. The smallest absolute Gasteiger partial charge is 0.212 e. The van der Waals surface area contributed by atoms with Crippen molar-refractivity contribution in [1.82, 2.24) is 4.98 Å². The number of carbonyl (C=O) groups excluding carboxylic acids is 1. The van der Waals surface area contributed by atoms with Gasteiger partial charge in [-0.15, -0.1) is 0 Å². The van der Waals surface area contributed by atoms with E-state index in [1.54, 1.807) is 19.4 Å². The van der Waals surface area contributed by atoms with Crippen LogP contribution in [0, 0.1) is 5.92 Å². The van der Waals surface area contributed by atoms with Gasteiger partial charge in [0.1, 0.15) is 5.78 Å². The van der Waals surface area contributed by atoms with Crippen LogP contribution in [-0.4, -0.2) is 17.9 Å². The number of aromatic nitrogens is 1. The van der Waals surface area contributed by atoms with E-state index in [0.29, 0.717) is 30.4 Å². The van der Waals surface area contributed by atoms with Crippen molar-refractivity contribution < 1.29 is 9.53 Å². The van der Waals surface area contributed by atoms with E-state index in [-0.39, 0.29) is 0 Å². The Labute approximate surface area is 116 Å². The molecule has 106 valence electrons. The molecule has 0 aliphatic carbocycles. The minimum Gasteiger partial charge on any atom is -0.481 e. The molecule has 0 N–H and O–H groups in total. The Morgan fingerprint density at radius 1 is 1.37 bits per heavy atom. The van der Waals surface area contributed by atoms with Crippen molar-refractivity contribution in [3.63, 3.8) is 0 Å². The van der Waals surface area contributed by atoms with Crippen molar-refractivity contribution in [3.05, 3.63) is 23.9 Å². The lowest BCUT2D eigenvalue weighted by Crippen LogP contribution is -2.10. The zero-order valence-electron chi connectivity index (χ0n) is 12.3. The Bertz CT molecular complexity index is 373. The largest absolute Gasteiger partial charge is 0.481 e. The van der Waals surface area contributed by atoms with E-state index >= 15 is 0 Å². The third-order valence-electron chi connectivity index (χ3n) is 3.47. The van der Waals surface area contributed by atoms with Crippen LogP contribution in [0.1, 0.15) is 51.5 Å². The molecule has 0 aliphatic heterocycles. The predicted octanol–water partition coefficient (Wildman–Crippen LogP) is 3.81. The Hall–Kier alpha value is -1.38. The molecule has 1 heterocycles. The first-order chi connectivity index (χ1) is 9.19. The van der Waals surface area contributed by atoms with Crippen LogP contribution in [-0.2, 0) is 11.2 Å². The summed E-state index contributed by atoms with van der Waals surface area (Å²) in [6, 6.07) is 3.72. The molecule has 0 amide bonds. The second-order valence-corrected chi connectivity index (χ2v) is 5.04. The van der Waals surface area contributed by atoms with Crippen molar-refractivity contribution in [1.29, 1.82) is 0 Å². The minimum absolute atomic E-state index is 0.315. The lowest BCUT2D eigenvalue weighted by atomic mass is 9.92. The summed E-state index contributed by atoms with van der Waals surface area (Å²) in [5.41, 5.74) is 0.969. The van der Waals surface area contributed by atoms with Gasteiger partial charge in [-0.25, -0.2) is 4.98 Å². The van der Waals surface area contributed by atoms with E-state index in [4.69, 9.17) is 4.74 Å². The molecule has 1 aromatic rings. The summed E-state index contributed by atoms with van der Waals surface area (Å²) in [4.78, 5) is 16.2. The summed E-state index contributed by atoms with van der Waals surface area (Å²) in [7, 11) is 1.59. The first-order valence-electron chi connectivity index (χ1n) is 7.20. The lowest BCUT2D eigenvalue weighted by Gasteiger charge is -2.13. The van der Waals surface area contributed by atoms with Gasteiger partial charge >= 0.3 is 0 Å². The maximum absolute atomic E-state index is 12.0. The first kappa shape index (κ1) is 15.7. The molecule has 0 radical (unpaired) electrons. The third-order valence-corrected chi connectivity index (χ3v) is 3.47. The van der Waals surface area contributed by atoms with Gasteiger partial charge in [0, 0.05) is 25.1 Å². The molecule has 1 aromatic heterocycles. The average molecular weight is 263 g/mol. The number of nitrogens with zero attached hydrogens (tertiary/aromatic N) is 1. The summed E-state index contributed by atoms with van der Waals surface area (Å²) < 4.78 is 5.00. The molecule has 0 aromatic carbocycles. The van der Waals surface area contributed by atoms with E-state index in [1.165, 1.54) is 19.3 Å². The fourth-order valence-corrected chi connectivity index (χ4v) is 2.20. The highest BCUT2D eigenvalue weighted by molar-refractivity contribution is 5.81. The number of ketones is 1. The van der Waals surface area contributed by atoms with Gasteiger partial charge in [0.15, 0.2) is 0 Å². The second-order valence-electron chi connectivity index (χ2n) is 5.04. The number of carbonyl (C=O) groups is 1. The molecule has 0 fully saturated rings. The molecule has 0 bridgehead atoms. The Balaban J connectivity index is 2.44. The SMILES string of the molecule is CCCCC(CC)CC(=O)Cc1ccc(OC)nc1. The quantitative estimate of drug-likeness (QED) is 0.680. The number of hydrogen-bond acceptors (Lipinski definition) is 3. The summed E-state index contributed by atoms with van der Waals surface area (Å²) in [5, 5.41) is 0. The highest BCUT2D eigenvalue weighted by Crippen LogP contribution is 2.18. The van der Waals surface area contributed by atoms with E-state index in [9.17, 15) is 4.79 Å². The van der Waals surface area contributed by atoms with Gasteiger partial charge in [-0.05, 0) is 11.5 Å². The van der Waals surface area contributed by atoms with Crippen LogP contribution in [0.5, 0.6) is 5.88 Å². The Morgan fingerprint density at radius 2 is 2.16 bits per heavy atom. The number of unbranched alkanes of at least 4 members (excludes halogenated alkanes) is 1. The van der Waals surface area contributed by atoms with Crippen molar-refractivity contribution >= 4 is 5.78 Å². The zero-order chi connectivity index (χ0) is 14.1. The highest BCUT2D eigenvalue weighted by Gasteiger charge is 2.12. The van der Waals surface area contributed by atoms with Crippen molar-refractivity contribution in [2.24, 2.45) is 5.92 Å². The molecule has 1 rings (SSSR count). The van der Waals surface area contributed by atoms with Crippen LogP contribution >= 0.6 is 0 Å². The number of Topliss-reactive ketones (excluding diaryl/α,β-unsaturated/α-hetero) is 1. The van der Waals surface area contributed by atoms with Crippen molar-refractivity contribution in [3.8, 4) is 5.88 Å². The van der Waals surface area contributed by atoms with Gasteiger partial charge in [0.05, 0.1) is 7.11 Å². The summed E-state index contributed by atoms with van der Waals surface area (Å²) >= 11 is 0.